The number of benzene rings is 1. The van der Waals surface area contributed by atoms with E-state index in [9.17, 15) is 9.90 Å². The van der Waals surface area contributed by atoms with Crippen LogP contribution in [0, 0.1) is 0 Å². The number of likely N-dealkylation sites (tertiary alicyclic amines) is 1. The Morgan fingerprint density at radius 2 is 2.21 bits per heavy atom. The molecule has 19 heavy (non-hydrogen) atoms. The molecule has 1 saturated heterocycles. The van der Waals surface area contributed by atoms with Gasteiger partial charge in [-0.05, 0) is 44.9 Å². The topological polar surface area (TPSA) is 40.5 Å². The zero-order valence-corrected chi connectivity index (χ0v) is 13.3. The fourth-order valence-electron chi connectivity index (χ4n) is 2.56. The van der Waals surface area contributed by atoms with E-state index < -0.39 is 5.60 Å². The molecular weight excluding hydrogens is 330 g/mol. The van der Waals surface area contributed by atoms with E-state index in [0.717, 1.165) is 17.3 Å². The maximum Gasteiger partial charge on any atom is 0.255 e. The third-order valence-corrected chi connectivity index (χ3v) is 4.31. The number of halogens is 2. The van der Waals surface area contributed by atoms with E-state index in [0.29, 0.717) is 17.1 Å². The number of rotatable bonds is 2. The lowest BCUT2D eigenvalue weighted by atomic mass is 9.96. The van der Waals surface area contributed by atoms with Gasteiger partial charge in [0, 0.05) is 11.0 Å². The first-order chi connectivity index (χ1) is 8.80. The Morgan fingerprint density at radius 1 is 1.53 bits per heavy atom. The van der Waals surface area contributed by atoms with Crippen molar-refractivity contribution in [1.82, 2.24) is 4.90 Å². The number of carbonyl (C=O) groups excluding carboxylic acids is 1. The van der Waals surface area contributed by atoms with Crippen LogP contribution in [0.15, 0.2) is 22.7 Å². The lowest BCUT2D eigenvalue weighted by Crippen LogP contribution is -2.48. The quantitative estimate of drug-likeness (QED) is 0.890. The third kappa shape index (κ3) is 3.12. The van der Waals surface area contributed by atoms with Crippen molar-refractivity contribution in [3.05, 3.63) is 33.3 Å². The van der Waals surface area contributed by atoms with Crippen LogP contribution in [0.4, 0.5) is 0 Å². The van der Waals surface area contributed by atoms with Crippen molar-refractivity contribution in [2.45, 2.75) is 38.3 Å². The molecule has 1 heterocycles. The molecule has 0 bridgehead atoms. The predicted molar refractivity (Wildman–Crippen MR) is 79.5 cm³/mol. The molecule has 0 spiro atoms. The second kappa shape index (κ2) is 5.43. The molecule has 0 aliphatic carbocycles. The van der Waals surface area contributed by atoms with E-state index >= 15 is 0 Å². The Bertz CT molecular complexity index is 499. The number of amides is 1. The van der Waals surface area contributed by atoms with Crippen molar-refractivity contribution in [1.29, 1.82) is 0 Å². The summed E-state index contributed by atoms with van der Waals surface area (Å²) in [6.45, 7) is 4.15. The highest BCUT2D eigenvalue weighted by Crippen LogP contribution is 2.30. The van der Waals surface area contributed by atoms with Crippen molar-refractivity contribution in [2.24, 2.45) is 0 Å². The van der Waals surface area contributed by atoms with Crippen molar-refractivity contribution in [3.8, 4) is 0 Å². The van der Waals surface area contributed by atoms with Gasteiger partial charge >= 0.3 is 0 Å². The minimum absolute atomic E-state index is 0.115. The SMILES string of the molecule is CC(C)(O)C1CCCN1C(=O)c1cc(Br)ccc1Cl. The number of carbonyl (C=O) groups is 1. The summed E-state index contributed by atoms with van der Waals surface area (Å²) in [5, 5.41) is 10.6. The summed E-state index contributed by atoms with van der Waals surface area (Å²) in [6, 6.07) is 5.07. The predicted octanol–water partition coefficient (Wildman–Crippen LogP) is 3.48. The number of hydrogen-bond acceptors (Lipinski definition) is 2. The maximum atomic E-state index is 12.6. The van der Waals surface area contributed by atoms with E-state index in [1.807, 2.05) is 0 Å². The average molecular weight is 347 g/mol. The first-order valence-corrected chi connectivity index (χ1v) is 7.46. The molecule has 0 saturated carbocycles. The molecule has 0 aromatic heterocycles. The molecule has 5 heteroatoms. The molecule has 1 N–H and O–H groups in total. The summed E-state index contributed by atoms with van der Waals surface area (Å²) < 4.78 is 0.819. The lowest BCUT2D eigenvalue weighted by molar-refractivity contribution is 0.000338. The summed E-state index contributed by atoms with van der Waals surface area (Å²) in [6.07, 6.45) is 1.73. The van der Waals surface area contributed by atoms with E-state index in [1.54, 1.807) is 36.9 Å². The van der Waals surface area contributed by atoms with E-state index in [1.165, 1.54) is 0 Å². The van der Waals surface area contributed by atoms with Crippen LogP contribution in [-0.2, 0) is 0 Å². The van der Waals surface area contributed by atoms with Crippen molar-refractivity contribution in [3.63, 3.8) is 0 Å². The monoisotopic (exact) mass is 345 g/mol. The van der Waals surface area contributed by atoms with Gasteiger partial charge in [0.15, 0.2) is 0 Å². The van der Waals surface area contributed by atoms with Gasteiger partial charge < -0.3 is 10.0 Å². The second-order valence-electron chi connectivity index (χ2n) is 5.43. The smallest absolute Gasteiger partial charge is 0.255 e. The average Bonchev–Trinajstić information content (AvgIpc) is 2.80. The molecule has 1 aromatic carbocycles. The van der Waals surface area contributed by atoms with Gasteiger partial charge in [0.05, 0.1) is 22.2 Å². The molecular formula is C14H17BrClNO2. The summed E-state index contributed by atoms with van der Waals surface area (Å²) in [5.41, 5.74) is -0.419. The molecule has 1 unspecified atom stereocenters. The van der Waals surface area contributed by atoms with Crippen LogP contribution in [0.3, 0.4) is 0 Å². The van der Waals surface area contributed by atoms with E-state index in [-0.39, 0.29) is 11.9 Å². The van der Waals surface area contributed by atoms with Crippen LogP contribution in [0.5, 0.6) is 0 Å². The summed E-state index contributed by atoms with van der Waals surface area (Å²) in [5.74, 6) is -0.115. The van der Waals surface area contributed by atoms with Crippen LogP contribution in [0.25, 0.3) is 0 Å². The summed E-state index contributed by atoms with van der Waals surface area (Å²) >= 11 is 9.45. The molecule has 1 aliphatic heterocycles. The molecule has 1 aliphatic rings. The van der Waals surface area contributed by atoms with Crippen molar-refractivity contribution >= 4 is 33.4 Å². The Morgan fingerprint density at radius 3 is 2.84 bits per heavy atom. The Hall–Kier alpha value is -0.580. The first kappa shape index (κ1) is 14.8. The lowest BCUT2D eigenvalue weighted by Gasteiger charge is -2.34. The maximum absolute atomic E-state index is 12.6. The van der Waals surface area contributed by atoms with Gasteiger partial charge in [-0.15, -0.1) is 0 Å². The highest BCUT2D eigenvalue weighted by Gasteiger charge is 2.39. The molecule has 2 rings (SSSR count). The van der Waals surface area contributed by atoms with Crippen LogP contribution in [-0.4, -0.2) is 34.1 Å². The third-order valence-electron chi connectivity index (χ3n) is 3.49. The van der Waals surface area contributed by atoms with Crippen LogP contribution in [0.2, 0.25) is 5.02 Å². The van der Waals surface area contributed by atoms with Gasteiger partial charge in [-0.3, -0.25) is 4.79 Å². The molecule has 0 radical (unpaired) electrons. The van der Waals surface area contributed by atoms with Crippen molar-refractivity contribution in [2.75, 3.05) is 6.54 Å². The zero-order chi connectivity index (χ0) is 14.2. The largest absolute Gasteiger partial charge is 0.388 e. The van der Waals surface area contributed by atoms with Gasteiger partial charge in [0.2, 0.25) is 0 Å². The molecule has 3 nitrogen and oxygen atoms in total. The molecule has 104 valence electrons. The van der Waals surface area contributed by atoms with Gasteiger partial charge in [0.25, 0.3) is 5.91 Å². The number of hydrogen-bond donors (Lipinski definition) is 1. The van der Waals surface area contributed by atoms with Gasteiger partial charge in [-0.1, -0.05) is 27.5 Å². The first-order valence-electron chi connectivity index (χ1n) is 6.29. The highest BCUT2D eigenvalue weighted by molar-refractivity contribution is 9.10. The highest BCUT2D eigenvalue weighted by atomic mass is 79.9. The van der Waals surface area contributed by atoms with E-state index in [4.69, 9.17) is 11.6 Å². The zero-order valence-electron chi connectivity index (χ0n) is 11.0. The van der Waals surface area contributed by atoms with Gasteiger partial charge in [-0.25, -0.2) is 0 Å². The summed E-state index contributed by atoms with van der Waals surface area (Å²) in [4.78, 5) is 14.3. The van der Waals surface area contributed by atoms with Gasteiger partial charge in [-0.2, -0.15) is 0 Å². The second-order valence-corrected chi connectivity index (χ2v) is 6.76. The number of aliphatic hydroxyl groups is 1. The Balaban J connectivity index is 2.31. The molecule has 1 atom stereocenters. The molecule has 1 fully saturated rings. The van der Waals surface area contributed by atoms with Crippen LogP contribution < -0.4 is 0 Å². The van der Waals surface area contributed by atoms with Gasteiger partial charge in [0.1, 0.15) is 0 Å². The fourth-order valence-corrected chi connectivity index (χ4v) is 3.12. The van der Waals surface area contributed by atoms with Crippen molar-refractivity contribution < 1.29 is 9.90 Å². The minimum atomic E-state index is -0.898. The standard InChI is InChI=1S/C14H17BrClNO2/c1-14(2,19)12-4-3-7-17(12)13(18)10-8-9(15)5-6-11(10)16/h5-6,8,12,19H,3-4,7H2,1-2H3. The van der Waals surface area contributed by atoms with Crippen LogP contribution >= 0.6 is 27.5 Å². The minimum Gasteiger partial charge on any atom is -0.388 e. The van der Waals surface area contributed by atoms with Crippen LogP contribution in [0.1, 0.15) is 37.0 Å². The normalized spacial score (nSPS) is 19.8. The summed E-state index contributed by atoms with van der Waals surface area (Å²) in [7, 11) is 0. The molecule has 1 aromatic rings. The Labute approximate surface area is 126 Å². The Kier molecular flexibility index (Phi) is 4.23. The number of nitrogens with zero attached hydrogens (tertiary/aromatic N) is 1. The van der Waals surface area contributed by atoms with E-state index in [2.05, 4.69) is 15.9 Å². The molecule has 1 amide bonds. The fraction of sp³-hybridized carbons (Fsp3) is 0.500.